The lowest BCUT2D eigenvalue weighted by Gasteiger charge is -2.34. The van der Waals surface area contributed by atoms with Crippen LogP contribution in [-0.4, -0.2) is 67.8 Å². The number of likely N-dealkylation sites (N-methyl/N-ethyl adjacent to an activating group) is 1. The summed E-state index contributed by atoms with van der Waals surface area (Å²) < 4.78 is 1.26. The highest BCUT2D eigenvalue weighted by Crippen LogP contribution is 2.26. The van der Waals surface area contributed by atoms with Gasteiger partial charge in [0.05, 0.1) is 21.8 Å². The van der Waals surface area contributed by atoms with Crippen molar-refractivity contribution in [3.63, 3.8) is 0 Å². The summed E-state index contributed by atoms with van der Waals surface area (Å²) >= 11 is 6.39. The fourth-order valence-corrected chi connectivity index (χ4v) is 4.64. The summed E-state index contributed by atoms with van der Waals surface area (Å²) in [6.45, 7) is 4.10. The van der Waals surface area contributed by atoms with Crippen LogP contribution < -0.4 is 15.8 Å². The largest absolute Gasteiger partial charge is 0.369 e. The van der Waals surface area contributed by atoms with E-state index in [1.165, 1.54) is 22.9 Å². The molecule has 2 aromatic carbocycles. The quantitative estimate of drug-likeness (QED) is 0.367. The van der Waals surface area contributed by atoms with E-state index >= 15 is 0 Å². The van der Waals surface area contributed by atoms with Gasteiger partial charge in [-0.1, -0.05) is 23.7 Å². The monoisotopic (exact) mass is 525 g/mol. The third-order valence-electron chi connectivity index (χ3n) is 6.53. The lowest BCUT2D eigenvalue weighted by Crippen LogP contribution is -2.44. The van der Waals surface area contributed by atoms with E-state index < -0.39 is 0 Å². The third-order valence-corrected chi connectivity index (χ3v) is 6.85. The summed E-state index contributed by atoms with van der Waals surface area (Å²) in [5, 5.41) is 8.56. The first-order valence-electron chi connectivity index (χ1n) is 12.2. The molecule has 6 rings (SSSR count). The number of rotatable bonds is 5. The van der Waals surface area contributed by atoms with Crippen LogP contribution in [0.4, 0.5) is 17.3 Å². The van der Waals surface area contributed by atoms with Gasteiger partial charge in [-0.3, -0.25) is 4.79 Å². The summed E-state index contributed by atoms with van der Waals surface area (Å²) in [6, 6.07) is 16.9. The fraction of sp³-hybridized carbons (Fsp3) is 0.185. The van der Waals surface area contributed by atoms with Crippen molar-refractivity contribution < 1.29 is 0 Å². The Hall–Kier alpha value is -4.41. The Morgan fingerprint density at radius 3 is 2.47 bits per heavy atom. The molecule has 0 atom stereocenters. The molecule has 0 aliphatic carbocycles. The Bertz CT molecular complexity index is 1650. The molecule has 0 unspecified atom stereocenters. The van der Waals surface area contributed by atoms with E-state index in [0.717, 1.165) is 31.9 Å². The molecule has 0 amide bonds. The molecule has 5 aromatic rings. The number of halogens is 1. The zero-order valence-corrected chi connectivity index (χ0v) is 21.4. The topological polar surface area (TPSA) is 105 Å². The molecule has 1 fully saturated rings. The number of fused-ring (bicyclic) bond motifs is 1. The Balaban J connectivity index is 1.38. The SMILES string of the molecule is CN1CCN(c2ccc(Nc3ncc4c(=O)n(-c5ccccc5Cl)nc(-c5ccncn5)c4n3)cc2)CC1. The van der Waals surface area contributed by atoms with Crippen molar-refractivity contribution >= 4 is 39.8 Å². The molecule has 3 aromatic heterocycles. The molecular formula is C27H24ClN9O. The molecule has 0 bridgehead atoms. The summed E-state index contributed by atoms with van der Waals surface area (Å²) in [5.74, 6) is 0.344. The second kappa shape index (κ2) is 10.2. The number of benzene rings is 2. The number of nitrogens with zero attached hydrogens (tertiary/aromatic N) is 8. The van der Waals surface area contributed by atoms with Crippen LogP contribution in [0.1, 0.15) is 0 Å². The van der Waals surface area contributed by atoms with E-state index in [2.05, 4.69) is 59.3 Å². The number of para-hydroxylation sites is 1. The van der Waals surface area contributed by atoms with E-state index in [1.807, 2.05) is 12.1 Å². The molecule has 10 nitrogen and oxygen atoms in total. The number of hydrogen-bond donors (Lipinski definition) is 1. The van der Waals surface area contributed by atoms with Gasteiger partial charge in [0.1, 0.15) is 17.5 Å². The molecule has 4 heterocycles. The van der Waals surface area contributed by atoms with E-state index in [9.17, 15) is 4.79 Å². The van der Waals surface area contributed by atoms with Crippen molar-refractivity contribution in [1.82, 2.24) is 34.6 Å². The van der Waals surface area contributed by atoms with Crippen molar-refractivity contribution in [2.24, 2.45) is 0 Å². The Morgan fingerprint density at radius 1 is 0.947 bits per heavy atom. The predicted molar refractivity (Wildman–Crippen MR) is 148 cm³/mol. The number of aromatic nitrogens is 6. The number of piperazine rings is 1. The van der Waals surface area contributed by atoms with Gasteiger partial charge >= 0.3 is 0 Å². The second-order valence-corrected chi connectivity index (χ2v) is 9.44. The van der Waals surface area contributed by atoms with Crippen molar-refractivity contribution in [2.75, 3.05) is 43.4 Å². The summed E-state index contributed by atoms with van der Waals surface area (Å²) in [7, 11) is 2.14. The highest BCUT2D eigenvalue weighted by Gasteiger charge is 2.19. The summed E-state index contributed by atoms with van der Waals surface area (Å²) in [4.78, 5) is 35.6. The minimum atomic E-state index is -0.381. The molecule has 1 saturated heterocycles. The summed E-state index contributed by atoms with van der Waals surface area (Å²) in [6.07, 6.45) is 4.55. The van der Waals surface area contributed by atoms with Crippen molar-refractivity contribution in [3.8, 4) is 17.1 Å². The molecule has 38 heavy (non-hydrogen) atoms. The van der Waals surface area contributed by atoms with Crippen LogP contribution in [0.3, 0.4) is 0 Å². The van der Waals surface area contributed by atoms with Crippen LogP contribution in [0.5, 0.6) is 0 Å². The molecule has 1 N–H and O–H groups in total. The fourth-order valence-electron chi connectivity index (χ4n) is 4.43. The average molecular weight is 526 g/mol. The lowest BCUT2D eigenvalue weighted by atomic mass is 10.2. The van der Waals surface area contributed by atoms with Gasteiger partial charge in [-0.2, -0.15) is 9.78 Å². The van der Waals surface area contributed by atoms with Gasteiger partial charge in [-0.25, -0.2) is 19.9 Å². The minimum Gasteiger partial charge on any atom is -0.369 e. The van der Waals surface area contributed by atoms with Gasteiger partial charge in [0.25, 0.3) is 5.56 Å². The van der Waals surface area contributed by atoms with Crippen LogP contribution in [0.2, 0.25) is 5.02 Å². The smallest absolute Gasteiger partial charge is 0.282 e. The molecule has 1 aliphatic rings. The van der Waals surface area contributed by atoms with Crippen LogP contribution in [0.25, 0.3) is 28.0 Å². The molecule has 11 heteroatoms. The van der Waals surface area contributed by atoms with Crippen molar-refractivity contribution in [2.45, 2.75) is 0 Å². The maximum atomic E-state index is 13.4. The van der Waals surface area contributed by atoms with E-state index in [4.69, 9.17) is 11.6 Å². The zero-order chi connectivity index (χ0) is 26.1. The van der Waals surface area contributed by atoms with E-state index in [0.29, 0.717) is 38.9 Å². The maximum Gasteiger partial charge on any atom is 0.282 e. The van der Waals surface area contributed by atoms with E-state index in [-0.39, 0.29) is 5.56 Å². The first kappa shape index (κ1) is 24.0. The van der Waals surface area contributed by atoms with Gasteiger partial charge in [0.15, 0.2) is 0 Å². The van der Waals surface area contributed by atoms with Gasteiger partial charge < -0.3 is 15.1 Å². The minimum absolute atomic E-state index is 0.296. The Morgan fingerprint density at radius 2 is 1.74 bits per heavy atom. The maximum absolute atomic E-state index is 13.4. The molecule has 0 radical (unpaired) electrons. The van der Waals surface area contributed by atoms with Crippen LogP contribution in [0.15, 0.2) is 78.1 Å². The normalized spacial score (nSPS) is 14.1. The molecule has 190 valence electrons. The van der Waals surface area contributed by atoms with Crippen LogP contribution in [-0.2, 0) is 0 Å². The van der Waals surface area contributed by atoms with Gasteiger partial charge in [-0.05, 0) is 49.5 Å². The highest BCUT2D eigenvalue weighted by molar-refractivity contribution is 6.32. The van der Waals surface area contributed by atoms with E-state index in [1.54, 1.807) is 36.5 Å². The number of nitrogens with one attached hydrogen (secondary N) is 1. The van der Waals surface area contributed by atoms with Crippen molar-refractivity contribution in [1.29, 1.82) is 0 Å². The first-order chi connectivity index (χ1) is 18.6. The second-order valence-electron chi connectivity index (χ2n) is 9.03. The van der Waals surface area contributed by atoms with Gasteiger partial charge in [0, 0.05) is 49.9 Å². The number of hydrogen-bond acceptors (Lipinski definition) is 9. The first-order valence-corrected chi connectivity index (χ1v) is 12.6. The third kappa shape index (κ3) is 4.67. The Kier molecular flexibility index (Phi) is 6.40. The van der Waals surface area contributed by atoms with Gasteiger partial charge in [0.2, 0.25) is 5.95 Å². The standard InChI is InChI=1S/C27H24ClN9O/c1-35-12-14-36(15-13-35)19-8-6-18(7-9-19)32-27-30-16-20-24(33-27)25(22-10-11-29-17-31-22)34-37(26(20)38)23-5-3-2-4-21(23)28/h2-11,16-17H,12-15H2,1H3,(H,30,32,33). The molecule has 0 saturated carbocycles. The zero-order valence-electron chi connectivity index (χ0n) is 20.6. The van der Waals surface area contributed by atoms with Crippen LogP contribution in [0, 0.1) is 0 Å². The molecular weight excluding hydrogens is 502 g/mol. The predicted octanol–water partition coefficient (Wildman–Crippen LogP) is 3.78. The lowest BCUT2D eigenvalue weighted by molar-refractivity contribution is 0.313. The van der Waals surface area contributed by atoms with Crippen molar-refractivity contribution in [3.05, 3.63) is 88.7 Å². The van der Waals surface area contributed by atoms with Gasteiger partial charge in [-0.15, -0.1) is 0 Å². The molecule has 0 spiro atoms. The average Bonchev–Trinajstić information content (AvgIpc) is 2.95. The highest BCUT2D eigenvalue weighted by atomic mass is 35.5. The van der Waals surface area contributed by atoms with Crippen LogP contribution >= 0.6 is 11.6 Å². The molecule has 1 aliphatic heterocycles. The summed E-state index contributed by atoms with van der Waals surface area (Å²) in [5.41, 5.74) is 3.41. The Labute approximate surface area is 223 Å². The number of anilines is 3.